The van der Waals surface area contributed by atoms with E-state index in [4.69, 9.17) is 16.3 Å². The average molecular weight is 662 g/mol. The van der Waals surface area contributed by atoms with E-state index in [0.717, 1.165) is 28.3 Å². The van der Waals surface area contributed by atoms with Gasteiger partial charge in [0.25, 0.3) is 10.0 Å². The zero-order chi connectivity index (χ0) is 33.1. The third-order valence-corrected chi connectivity index (χ3v) is 9.89. The summed E-state index contributed by atoms with van der Waals surface area (Å²) in [7, 11) is -2.66. The number of unbranched alkanes of at least 4 members (excludes halogenated alkanes) is 1. The topological polar surface area (TPSA) is 96.0 Å². The first kappa shape index (κ1) is 34.5. The van der Waals surface area contributed by atoms with Crippen LogP contribution in [0.15, 0.2) is 108 Å². The lowest BCUT2D eigenvalue weighted by Gasteiger charge is -2.34. The van der Waals surface area contributed by atoms with Crippen molar-refractivity contribution < 1.29 is 22.7 Å². The molecule has 0 heterocycles. The predicted molar refractivity (Wildman–Crippen MR) is 183 cm³/mol. The number of ether oxygens (including phenoxy) is 1. The zero-order valence-electron chi connectivity index (χ0n) is 26.4. The van der Waals surface area contributed by atoms with Crippen LogP contribution in [-0.2, 0) is 32.6 Å². The number of nitrogens with zero attached hydrogens (tertiary/aromatic N) is 2. The Balaban J connectivity index is 1.82. The van der Waals surface area contributed by atoms with E-state index in [-0.39, 0.29) is 29.5 Å². The van der Waals surface area contributed by atoms with E-state index in [1.165, 1.54) is 17.0 Å². The van der Waals surface area contributed by atoms with Crippen LogP contribution in [0.5, 0.6) is 5.75 Å². The second-order valence-corrected chi connectivity index (χ2v) is 13.2. The highest BCUT2D eigenvalue weighted by Crippen LogP contribution is 2.31. The maximum atomic E-state index is 14.6. The van der Waals surface area contributed by atoms with Gasteiger partial charge in [0, 0.05) is 24.5 Å². The van der Waals surface area contributed by atoms with Crippen LogP contribution >= 0.6 is 11.6 Å². The van der Waals surface area contributed by atoms with Crippen molar-refractivity contribution in [1.29, 1.82) is 0 Å². The minimum absolute atomic E-state index is 0.0275. The fourth-order valence-corrected chi connectivity index (χ4v) is 6.79. The van der Waals surface area contributed by atoms with Gasteiger partial charge in [0.15, 0.2) is 0 Å². The summed E-state index contributed by atoms with van der Waals surface area (Å²) in [4.78, 5) is 30.0. The molecule has 0 aromatic heterocycles. The number of benzene rings is 4. The van der Waals surface area contributed by atoms with E-state index >= 15 is 0 Å². The summed E-state index contributed by atoms with van der Waals surface area (Å²) in [5.74, 6) is -0.266. The molecule has 0 aliphatic heterocycles. The second-order valence-electron chi connectivity index (χ2n) is 10.9. The van der Waals surface area contributed by atoms with Crippen LogP contribution in [0.3, 0.4) is 0 Å². The quantitative estimate of drug-likeness (QED) is 0.149. The normalized spacial score (nSPS) is 11.8. The number of amides is 2. The molecule has 0 radical (unpaired) electrons. The first-order valence-corrected chi connectivity index (χ1v) is 17.0. The fraction of sp³-hybridized carbons (Fsp3) is 0.278. The highest BCUT2D eigenvalue weighted by Gasteiger charge is 2.35. The molecule has 0 bridgehead atoms. The SMILES string of the molecule is CCCCNC(=O)[C@H](Cc1ccccc1)N(Cc1cccc(OC)c1)C(=O)CN(c1cccc(Cl)c1C)S(=O)(=O)c1ccccc1. The Kier molecular flexibility index (Phi) is 12.2. The number of hydrogen-bond donors (Lipinski definition) is 1. The van der Waals surface area contributed by atoms with Crippen LogP contribution < -0.4 is 14.4 Å². The van der Waals surface area contributed by atoms with Gasteiger partial charge in [0.05, 0.1) is 17.7 Å². The van der Waals surface area contributed by atoms with Crippen molar-refractivity contribution in [3.05, 3.63) is 125 Å². The van der Waals surface area contributed by atoms with Crippen molar-refractivity contribution in [3.63, 3.8) is 0 Å². The van der Waals surface area contributed by atoms with Gasteiger partial charge in [0.2, 0.25) is 11.8 Å². The highest BCUT2D eigenvalue weighted by atomic mass is 35.5. The zero-order valence-corrected chi connectivity index (χ0v) is 27.9. The average Bonchev–Trinajstić information content (AvgIpc) is 3.07. The molecule has 0 fully saturated rings. The third kappa shape index (κ3) is 8.68. The molecule has 1 atom stereocenters. The first-order chi connectivity index (χ1) is 22.1. The van der Waals surface area contributed by atoms with Gasteiger partial charge >= 0.3 is 0 Å². The van der Waals surface area contributed by atoms with Crippen LogP contribution in [0, 0.1) is 6.92 Å². The van der Waals surface area contributed by atoms with Crippen molar-refractivity contribution >= 4 is 39.1 Å². The molecule has 4 aromatic carbocycles. The lowest BCUT2D eigenvalue weighted by atomic mass is 10.0. The molecule has 1 N–H and O–H groups in total. The standard InChI is InChI=1S/C36H40ClN3O5S/c1-4-5-22-38-36(42)34(24-28-14-8-6-9-15-28)39(25-29-16-12-17-30(23-29)45-3)35(41)26-40(33-21-13-20-32(37)27(33)2)46(43,44)31-18-10-7-11-19-31/h6-21,23,34H,4-5,22,24-26H2,1-3H3,(H,38,42)/t34-/m0/s1. The Hall–Kier alpha value is -4.34. The molecule has 46 heavy (non-hydrogen) atoms. The minimum Gasteiger partial charge on any atom is -0.497 e. The Morgan fingerprint density at radius 2 is 1.54 bits per heavy atom. The van der Waals surface area contributed by atoms with Crippen molar-refractivity contribution in [2.75, 3.05) is 24.5 Å². The van der Waals surface area contributed by atoms with Crippen LogP contribution in [-0.4, -0.2) is 51.4 Å². The van der Waals surface area contributed by atoms with Crippen LogP contribution in [0.1, 0.15) is 36.5 Å². The van der Waals surface area contributed by atoms with Gasteiger partial charge in [-0.3, -0.25) is 13.9 Å². The Morgan fingerprint density at radius 3 is 2.22 bits per heavy atom. The summed E-state index contributed by atoms with van der Waals surface area (Å²) in [5.41, 5.74) is 2.37. The molecule has 0 saturated carbocycles. The lowest BCUT2D eigenvalue weighted by Crippen LogP contribution is -2.53. The van der Waals surface area contributed by atoms with E-state index in [0.29, 0.717) is 22.9 Å². The van der Waals surface area contributed by atoms with Crippen molar-refractivity contribution in [1.82, 2.24) is 10.2 Å². The summed E-state index contributed by atoms with van der Waals surface area (Å²) in [6.45, 7) is 3.69. The fourth-order valence-electron chi connectivity index (χ4n) is 5.13. The number of nitrogens with one attached hydrogen (secondary N) is 1. The van der Waals surface area contributed by atoms with Crippen molar-refractivity contribution in [2.45, 2.75) is 50.6 Å². The molecule has 0 spiro atoms. The Labute approximate surface area is 277 Å². The van der Waals surface area contributed by atoms with E-state index < -0.39 is 28.5 Å². The van der Waals surface area contributed by atoms with Crippen molar-refractivity contribution in [2.24, 2.45) is 0 Å². The number of methoxy groups -OCH3 is 1. The maximum Gasteiger partial charge on any atom is 0.264 e. The van der Waals surface area contributed by atoms with E-state index in [1.807, 2.05) is 49.4 Å². The largest absolute Gasteiger partial charge is 0.497 e. The first-order valence-electron chi connectivity index (χ1n) is 15.2. The molecule has 4 aromatic rings. The van der Waals surface area contributed by atoms with Gasteiger partial charge in [0.1, 0.15) is 18.3 Å². The molecule has 2 amide bonds. The van der Waals surface area contributed by atoms with Crippen LogP contribution in [0.25, 0.3) is 0 Å². The number of carbonyl (C=O) groups is 2. The van der Waals surface area contributed by atoms with E-state index in [2.05, 4.69) is 5.32 Å². The van der Waals surface area contributed by atoms with Crippen molar-refractivity contribution in [3.8, 4) is 5.75 Å². The number of hydrogen-bond acceptors (Lipinski definition) is 5. The molecule has 8 nitrogen and oxygen atoms in total. The summed E-state index contributed by atoms with van der Waals surface area (Å²) < 4.78 is 34.9. The van der Waals surface area contributed by atoms with Gasteiger partial charge in [-0.15, -0.1) is 0 Å². The number of halogens is 1. The van der Waals surface area contributed by atoms with Gasteiger partial charge in [-0.2, -0.15) is 0 Å². The summed E-state index contributed by atoms with van der Waals surface area (Å²) in [6.07, 6.45) is 1.91. The second kappa shape index (κ2) is 16.3. The van der Waals surface area contributed by atoms with Gasteiger partial charge < -0.3 is 15.0 Å². The molecule has 10 heteroatoms. The van der Waals surface area contributed by atoms with Crippen LogP contribution in [0.2, 0.25) is 5.02 Å². The Morgan fingerprint density at radius 1 is 0.891 bits per heavy atom. The molecule has 242 valence electrons. The van der Waals surface area contributed by atoms with Gasteiger partial charge in [-0.1, -0.05) is 91.7 Å². The van der Waals surface area contributed by atoms with E-state index in [9.17, 15) is 18.0 Å². The number of rotatable bonds is 15. The predicted octanol–water partition coefficient (Wildman–Crippen LogP) is 6.41. The third-order valence-electron chi connectivity index (χ3n) is 7.71. The number of sulfonamides is 1. The summed E-state index contributed by atoms with van der Waals surface area (Å²) in [6, 6.07) is 28.7. The van der Waals surface area contributed by atoms with Crippen LogP contribution in [0.4, 0.5) is 5.69 Å². The highest BCUT2D eigenvalue weighted by molar-refractivity contribution is 7.92. The smallest absolute Gasteiger partial charge is 0.264 e. The summed E-state index contributed by atoms with van der Waals surface area (Å²) >= 11 is 6.45. The number of carbonyl (C=O) groups excluding carboxylic acids is 2. The minimum atomic E-state index is -4.22. The maximum absolute atomic E-state index is 14.6. The van der Waals surface area contributed by atoms with E-state index in [1.54, 1.807) is 62.6 Å². The number of anilines is 1. The molecule has 0 saturated heterocycles. The Bertz CT molecular complexity index is 1720. The molecule has 0 aliphatic rings. The summed E-state index contributed by atoms with van der Waals surface area (Å²) in [5, 5.41) is 3.36. The molecular formula is C36H40ClN3O5S. The molecule has 4 rings (SSSR count). The molecule has 0 aliphatic carbocycles. The van der Waals surface area contributed by atoms with Gasteiger partial charge in [-0.05, 0) is 66.4 Å². The van der Waals surface area contributed by atoms with Gasteiger partial charge in [-0.25, -0.2) is 8.42 Å². The lowest BCUT2D eigenvalue weighted by molar-refractivity contribution is -0.140. The molecule has 0 unspecified atom stereocenters. The molecular weight excluding hydrogens is 622 g/mol. The monoisotopic (exact) mass is 661 g/mol.